The van der Waals surface area contributed by atoms with Gasteiger partial charge < -0.3 is 10.0 Å². The van der Waals surface area contributed by atoms with Crippen LogP contribution < -0.4 is 0 Å². The molecule has 2 rings (SSSR count). The van der Waals surface area contributed by atoms with Gasteiger partial charge in [0.25, 0.3) is 10.1 Å². The molecule has 0 atom stereocenters. The maximum atomic E-state index is 10.9. The van der Waals surface area contributed by atoms with Crippen molar-refractivity contribution >= 4 is 16.2 Å². The Hall–Kier alpha value is -1.61. The lowest BCUT2D eigenvalue weighted by molar-refractivity contribution is 0.124. The average molecular weight is 303 g/mol. The van der Waals surface area contributed by atoms with E-state index < -0.39 is 16.2 Å². The molecule has 1 amide bonds. The summed E-state index contributed by atoms with van der Waals surface area (Å²) in [4.78, 5) is 12.2. The average Bonchev–Trinajstić information content (AvgIpc) is 2.84. The highest BCUT2D eigenvalue weighted by atomic mass is 32.2. The van der Waals surface area contributed by atoms with Gasteiger partial charge in [-0.25, -0.2) is 4.79 Å². The Labute approximate surface area is 117 Å². The van der Waals surface area contributed by atoms with Crippen LogP contribution in [-0.2, 0) is 20.9 Å². The lowest BCUT2D eigenvalue weighted by atomic mass is 10.1. The van der Waals surface area contributed by atoms with Gasteiger partial charge in [-0.2, -0.15) is 13.5 Å². The van der Waals surface area contributed by atoms with Crippen molar-refractivity contribution in [3.05, 3.63) is 18.0 Å². The van der Waals surface area contributed by atoms with E-state index in [1.807, 2.05) is 0 Å². The Morgan fingerprint density at radius 2 is 2.15 bits per heavy atom. The van der Waals surface area contributed by atoms with E-state index in [4.69, 9.17) is 9.29 Å². The van der Waals surface area contributed by atoms with Crippen LogP contribution in [0.4, 0.5) is 4.79 Å². The summed E-state index contributed by atoms with van der Waals surface area (Å²) in [6, 6.07) is 0.137. The van der Waals surface area contributed by atoms with Crippen molar-refractivity contribution in [3.8, 4) is 0 Å². The van der Waals surface area contributed by atoms with Gasteiger partial charge in [-0.15, -0.1) is 0 Å². The molecular weight excluding hydrogens is 286 g/mol. The van der Waals surface area contributed by atoms with Crippen LogP contribution in [0.2, 0.25) is 0 Å². The number of nitrogens with zero attached hydrogens (tertiary/aromatic N) is 3. The molecule has 0 radical (unpaired) electrons. The Bertz CT molecular complexity index is 575. The molecule has 1 N–H and O–H groups in total. The van der Waals surface area contributed by atoms with E-state index in [1.165, 1.54) is 4.90 Å². The zero-order chi connectivity index (χ0) is 14.8. The smallest absolute Gasteiger partial charge is 0.407 e. The zero-order valence-corrected chi connectivity index (χ0v) is 11.9. The Morgan fingerprint density at radius 1 is 1.50 bits per heavy atom. The number of amides is 1. The quantitative estimate of drug-likeness (QED) is 0.820. The van der Waals surface area contributed by atoms with Gasteiger partial charge in [0, 0.05) is 24.8 Å². The molecule has 0 aromatic carbocycles. The molecule has 1 aromatic heterocycles. The van der Waals surface area contributed by atoms with Crippen molar-refractivity contribution < 1.29 is 22.5 Å². The Morgan fingerprint density at radius 3 is 2.70 bits per heavy atom. The normalized spacial score (nSPS) is 17.4. The first-order valence-corrected chi connectivity index (χ1v) is 8.02. The van der Waals surface area contributed by atoms with E-state index >= 15 is 0 Å². The maximum Gasteiger partial charge on any atom is 0.407 e. The predicted molar refractivity (Wildman–Crippen MR) is 69.7 cm³/mol. The first-order valence-electron chi connectivity index (χ1n) is 6.20. The monoisotopic (exact) mass is 303 g/mol. The molecule has 9 heteroatoms. The summed E-state index contributed by atoms with van der Waals surface area (Å²) in [5.41, 5.74) is 0.677. The van der Waals surface area contributed by atoms with Gasteiger partial charge in [-0.3, -0.25) is 8.86 Å². The van der Waals surface area contributed by atoms with E-state index in [2.05, 4.69) is 5.10 Å². The third kappa shape index (κ3) is 3.94. The number of likely N-dealkylation sites (tertiary alicyclic amines) is 1. The molecule has 2 heterocycles. The summed E-state index contributed by atoms with van der Waals surface area (Å²) in [6.07, 6.45) is 4.80. The molecule has 1 aliphatic heterocycles. The first kappa shape index (κ1) is 14.8. The van der Waals surface area contributed by atoms with Crippen LogP contribution in [0.3, 0.4) is 0 Å². The highest BCUT2D eigenvalue weighted by Gasteiger charge is 2.23. The second kappa shape index (κ2) is 5.80. The van der Waals surface area contributed by atoms with Crippen molar-refractivity contribution in [1.29, 1.82) is 0 Å². The highest BCUT2D eigenvalue weighted by Crippen LogP contribution is 2.22. The lowest BCUT2D eigenvalue weighted by Crippen LogP contribution is -2.38. The fraction of sp³-hybridized carbons (Fsp3) is 0.636. The maximum absolute atomic E-state index is 10.9. The minimum Gasteiger partial charge on any atom is -0.465 e. The summed E-state index contributed by atoms with van der Waals surface area (Å²) in [5, 5.41) is 13.1. The minimum absolute atomic E-state index is 0.0349. The van der Waals surface area contributed by atoms with E-state index in [1.54, 1.807) is 17.1 Å². The molecule has 1 fully saturated rings. The first-order chi connectivity index (χ1) is 9.35. The SMILES string of the molecule is CS(=O)(=O)OCc1cnn(C2CCN(C(=O)O)CC2)c1. The molecule has 20 heavy (non-hydrogen) atoms. The molecule has 0 bridgehead atoms. The molecule has 0 unspecified atom stereocenters. The number of hydrogen-bond acceptors (Lipinski definition) is 5. The molecule has 1 saturated heterocycles. The van der Waals surface area contributed by atoms with Crippen molar-refractivity contribution in [3.63, 3.8) is 0 Å². The fourth-order valence-corrected chi connectivity index (χ4v) is 2.50. The van der Waals surface area contributed by atoms with Gasteiger partial charge in [0.1, 0.15) is 0 Å². The lowest BCUT2D eigenvalue weighted by Gasteiger charge is -2.30. The summed E-state index contributed by atoms with van der Waals surface area (Å²) >= 11 is 0. The molecular formula is C11H17N3O5S. The van der Waals surface area contributed by atoms with E-state index in [0.29, 0.717) is 31.5 Å². The van der Waals surface area contributed by atoms with Crippen LogP contribution >= 0.6 is 0 Å². The van der Waals surface area contributed by atoms with Gasteiger partial charge in [-0.1, -0.05) is 0 Å². The highest BCUT2D eigenvalue weighted by molar-refractivity contribution is 7.85. The summed E-state index contributed by atoms with van der Waals surface area (Å²) in [5.74, 6) is 0. The molecule has 8 nitrogen and oxygen atoms in total. The number of rotatable bonds is 4. The van der Waals surface area contributed by atoms with Gasteiger partial charge in [-0.05, 0) is 12.8 Å². The largest absolute Gasteiger partial charge is 0.465 e. The number of hydrogen-bond donors (Lipinski definition) is 1. The van der Waals surface area contributed by atoms with Crippen molar-refractivity contribution in [2.24, 2.45) is 0 Å². The van der Waals surface area contributed by atoms with Gasteiger partial charge in [0.05, 0.1) is 25.1 Å². The number of piperidine rings is 1. The molecule has 0 aliphatic carbocycles. The zero-order valence-electron chi connectivity index (χ0n) is 11.1. The standard InChI is InChI=1S/C11H17N3O5S/c1-20(17,18)19-8-9-6-12-14(7-9)10-2-4-13(5-3-10)11(15)16/h6-7,10H,2-5,8H2,1H3,(H,15,16). The molecule has 112 valence electrons. The van der Waals surface area contributed by atoms with Crippen LogP contribution in [0.15, 0.2) is 12.4 Å². The van der Waals surface area contributed by atoms with E-state index in [9.17, 15) is 13.2 Å². The van der Waals surface area contributed by atoms with Crippen molar-refractivity contribution in [2.45, 2.75) is 25.5 Å². The Kier molecular flexibility index (Phi) is 4.29. The van der Waals surface area contributed by atoms with Crippen LogP contribution in [0.1, 0.15) is 24.4 Å². The fourth-order valence-electron chi connectivity index (χ4n) is 2.15. The second-order valence-corrected chi connectivity index (χ2v) is 6.44. The van der Waals surface area contributed by atoms with Crippen LogP contribution in [0.25, 0.3) is 0 Å². The van der Waals surface area contributed by atoms with Gasteiger partial charge >= 0.3 is 6.09 Å². The molecule has 1 aromatic rings. The summed E-state index contributed by atoms with van der Waals surface area (Å²) in [7, 11) is -3.46. The van der Waals surface area contributed by atoms with E-state index in [-0.39, 0.29) is 12.6 Å². The Balaban J connectivity index is 1.91. The number of carboxylic acid groups (broad SMARTS) is 1. The molecule has 0 saturated carbocycles. The molecule has 1 aliphatic rings. The number of carbonyl (C=O) groups is 1. The van der Waals surface area contributed by atoms with Gasteiger partial charge in [0.2, 0.25) is 0 Å². The summed E-state index contributed by atoms with van der Waals surface area (Å²) < 4.78 is 28.3. The van der Waals surface area contributed by atoms with E-state index in [0.717, 1.165) is 6.26 Å². The van der Waals surface area contributed by atoms with Crippen LogP contribution in [-0.4, -0.2) is 53.6 Å². The van der Waals surface area contributed by atoms with Crippen molar-refractivity contribution in [1.82, 2.24) is 14.7 Å². The predicted octanol–water partition coefficient (Wildman–Crippen LogP) is 0.674. The van der Waals surface area contributed by atoms with Crippen LogP contribution in [0, 0.1) is 0 Å². The van der Waals surface area contributed by atoms with Crippen molar-refractivity contribution in [2.75, 3.05) is 19.3 Å². The third-order valence-electron chi connectivity index (χ3n) is 3.20. The topological polar surface area (TPSA) is 102 Å². The second-order valence-electron chi connectivity index (χ2n) is 4.80. The summed E-state index contributed by atoms with van der Waals surface area (Å²) in [6.45, 7) is 0.927. The van der Waals surface area contributed by atoms with Crippen LogP contribution in [0.5, 0.6) is 0 Å². The molecule has 0 spiro atoms. The third-order valence-corrected chi connectivity index (χ3v) is 3.75. The number of aromatic nitrogens is 2. The minimum atomic E-state index is -3.46. The van der Waals surface area contributed by atoms with Gasteiger partial charge in [0.15, 0.2) is 0 Å².